The molecule has 0 saturated heterocycles. The lowest BCUT2D eigenvalue weighted by atomic mass is 9.75. The molecule has 0 aromatic heterocycles. The van der Waals surface area contributed by atoms with Gasteiger partial charge in [0.25, 0.3) is 0 Å². The third kappa shape index (κ3) is 6.23. The van der Waals surface area contributed by atoms with E-state index >= 15 is 0 Å². The Balaban J connectivity index is 2.24. The molecule has 0 amide bonds. The Morgan fingerprint density at radius 2 is 2.05 bits per heavy atom. The molecule has 0 aromatic carbocycles. The zero-order valence-electron chi connectivity index (χ0n) is 12.9. The van der Waals surface area contributed by atoms with Crippen LogP contribution in [-0.2, 0) is 10.0 Å². The van der Waals surface area contributed by atoms with Gasteiger partial charge in [0.1, 0.15) is 0 Å². The average molecular weight is 290 g/mol. The summed E-state index contributed by atoms with van der Waals surface area (Å²) in [6.45, 7) is 8.66. The first-order chi connectivity index (χ1) is 8.74. The fourth-order valence-corrected chi connectivity index (χ4v) is 3.92. The van der Waals surface area contributed by atoms with E-state index < -0.39 is 10.0 Å². The summed E-state index contributed by atoms with van der Waals surface area (Å²) in [4.78, 5) is 0. The lowest BCUT2D eigenvalue weighted by Gasteiger charge is -2.35. The molecule has 0 spiro atoms. The minimum absolute atomic E-state index is 0.456. The van der Waals surface area contributed by atoms with Crippen molar-refractivity contribution in [1.29, 1.82) is 0 Å². The van der Waals surface area contributed by atoms with Crippen LogP contribution in [0.5, 0.6) is 0 Å². The van der Waals surface area contributed by atoms with Gasteiger partial charge in [-0.2, -0.15) is 0 Å². The summed E-state index contributed by atoms with van der Waals surface area (Å²) < 4.78 is 24.4. The topological polar surface area (TPSA) is 49.4 Å². The van der Waals surface area contributed by atoms with Crippen molar-refractivity contribution < 1.29 is 8.42 Å². The second kappa shape index (κ2) is 7.04. The van der Waals surface area contributed by atoms with E-state index in [1.165, 1.54) is 31.9 Å². The maximum absolute atomic E-state index is 11.4. The molecule has 0 aromatic rings. The number of sulfonamides is 1. The summed E-state index contributed by atoms with van der Waals surface area (Å²) in [6, 6.07) is 0.608. The Kier molecular flexibility index (Phi) is 6.27. The van der Waals surface area contributed by atoms with E-state index in [0.29, 0.717) is 24.5 Å². The van der Waals surface area contributed by atoms with E-state index in [4.69, 9.17) is 0 Å². The molecule has 1 atom stereocenters. The van der Waals surface area contributed by atoms with Gasteiger partial charge in [-0.25, -0.2) is 12.7 Å². The van der Waals surface area contributed by atoms with Crippen LogP contribution < -0.4 is 5.32 Å². The molecule has 1 aliphatic carbocycles. The van der Waals surface area contributed by atoms with Crippen molar-refractivity contribution in [3.05, 3.63) is 0 Å². The van der Waals surface area contributed by atoms with Crippen LogP contribution >= 0.6 is 0 Å². The predicted octanol–water partition coefficient (Wildman–Crippen LogP) is 2.22. The summed E-state index contributed by atoms with van der Waals surface area (Å²) in [5.41, 5.74) is 0.456. The first-order valence-corrected chi connectivity index (χ1v) is 9.28. The molecule has 1 fully saturated rings. The monoisotopic (exact) mass is 290 g/mol. The smallest absolute Gasteiger partial charge is 0.211 e. The number of hydrogen-bond acceptors (Lipinski definition) is 3. The molecule has 0 bridgehead atoms. The molecule has 19 heavy (non-hydrogen) atoms. The lowest BCUT2D eigenvalue weighted by molar-refractivity contribution is 0.198. The Hall–Kier alpha value is -0.130. The van der Waals surface area contributed by atoms with Crippen LogP contribution in [0.4, 0.5) is 0 Å². The van der Waals surface area contributed by atoms with Crippen molar-refractivity contribution in [2.45, 2.75) is 58.9 Å². The number of nitrogens with zero attached hydrogens (tertiary/aromatic N) is 1. The molecule has 5 heteroatoms. The summed E-state index contributed by atoms with van der Waals surface area (Å²) in [5.74, 6) is 0. The Morgan fingerprint density at radius 3 is 2.58 bits per heavy atom. The van der Waals surface area contributed by atoms with E-state index in [0.717, 1.165) is 13.0 Å². The quantitative estimate of drug-likeness (QED) is 0.731. The van der Waals surface area contributed by atoms with Crippen LogP contribution in [-0.4, -0.2) is 44.7 Å². The van der Waals surface area contributed by atoms with E-state index in [2.05, 4.69) is 19.2 Å². The molecule has 114 valence electrons. The largest absolute Gasteiger partial charge is 0.314 e. The Labute approximate surface area is 119 Å². The molecule has 0 aliphatic heterocycles. The Morgan fingerprint density at radius 1 is 1.37 bits per heavy atom. The molecular formula is C14H30N2O2S. The van der Waals surface area contributed by atoms with Gasteiger partial charge in [-0.05, 0) is 37.6 Å². The highest BCUT2D eigenvalue weighted by molar-refractivity contribution is 7.88. The fraction of sp³-hybridized carbons (Fsp3) is 1.00. The molecule has 1 rings (SSSR count). The van der Waals surface area contributed by atoms with Gasteiger partial charge in [0.2, 0.25) is 10.0 Å². The molecule has 4 nitrogen and oxygen atoms in total. The standard InChI is InChI=1S/C14H30N2O2S/c1-5-16(19(4,17)18)11-7-10-15-13-8-6-9-14(2,3)12-13/h13,15H,5-12H2,1-4H3. The lowest BCUT2D eigenvalue weighted by Crippen LogP contribution is -2.39. The van der Waals surface area contributed by atoms with Crippen LogP contribution in [0, 0.1) is 5.41 Å². The van der Waals surface area contributed by atoms with Gasteiger partial charge < -0.3 is 5.32 Å². The normalized spacial score (nSPS) is 23.7. The van der Waals surface area contributed by atoms with Crippen LogP contribution in [0.25, 0.3) is 0 Å². The zero-order chi connectivity index (χ0) is 14.5. The summed E-state index contributed by atoms with van der Waals surface area (Å²) in [7, 11) is -3.03. The fourth-order valence-electron chi connectivity index (χ4n) is 2.99. The summed E-state index contributed by atoms with van der Waals surface area (Å²) in [6.07, 6.45) is 7.28. The van der Waals surface area contributed by atoms with Crippen molar-refractivity contribution in [3.8, 4) is 0 Å². The molecule has 1 saturated carbocycles. The van der Waals surface area contributed by atoms with Crippen molar-refractivity contribution in [2.75, 3.05) is 25.9 Å². The van der Waals surface area contributed by atoms with Crippen LogP contribution in [0.2, 0.25) is 0 Å². The summed E-state index contributed by atoms with van der Waals surface area (Å²) in [5, 5.41) is 3.59. The van der Waals surface area contributed by atoms with Crippen molar-refractivity contribution >= 4 is 10.0 Å². The van der Waals surface area contributed by atoms with Crippen molar-refractivity contribution in [2.24, 2.45) is 5.41 Å². The van der Waals surface area contributed by atoms with Gasteiger partial charge in [0.15, 0.2) is 0 Å². The maximum atomic E-state index is 11.4. The van der Waals surface area contributed by atoms with Crippen LogP contribution in [0.3, 0.4) is 0 Å². The second-order valence-corrected chi connectivity index (χ2v) is 8.50. The zero-order valence-corrected chi connectivity index (χ0v) is 13.7. The van der Waals surface area contributed by atoms with E-state index in [1.807, 2.05) is 6.92 Å². The second-order valence-electron chi connectivity index (χ2n) is 6.52. The summed E-state index contributed by atoms with van der Waals surface area (Å²) >= 11 is 0. The predicted molar refractivity (Wildman–Crippen MR) is 80.7 cm³/mol. The first kappa shape index (κ1) is 16.9. The van der Waals surface area contributed by atoms with Crippen LogP contribution in [0.1, 0.15) is 52.9 Å². The third-order valence-corrected chi connectivity index (χ3v) is 5.42. The number of hydrogen-bond donors (Lipinski definition) is 1. The van der Waals surface area contributed by atoms with Gasteiger partial charge in [0.05, 0.1) is 6.26 Å². The highest BCUT2D eigenvalue weighted by Gasteiger charge is 2.27. The molecule has 0 heterocycles. The SMILES string of the molecule is CCN(CCCNC1CCCC(C)(C)C1)S(C)(=O)=O. The molecule has 0 radical (unpaired) electrons. The van der Waals surface area contributed by atoms with Crippen molar-refractivity contribution in [1.82, 2.24) is 9.62 Å². The molecular weight excluding hydrogens is 260 g/mol. The third-order valence-electron chi connectivity index (χ3n) is 4.04. The van der Waals surface area contributed by atoms with Crippen molar-refractivity contribution in [3.63, 3.8) is 0 Å². The molecule has 1 N–H and O–H groups in total. The minimum atomic E-state index is -3.03. The average Bonchev–Trinajstić information content (AvgIpc) is 2.26. The van der Waals surface area contributed by atoms with Gasteiger partial charge >= 0.3 is 0 Å². The molecule has 1 aliphatic rings. The van der Waals surface area contributed by atoms with Gasteiger partial charge in [0, 0.05) is 19.1 Å². The highest BCUT2D eigenvalue weighted by atomic mass is 32.2. The number of nitrogens with one attached hydrogen (secondary N) is 1. The number of rotatable bonds is 7. The van der Waals surface area contributed by atoms with Gasteiger partial charge in [-0.3, -0.25) is 0 Å². The first-order valence-electron chi connectivity index (χ1n) is 7.43. The van der Waals surface area contributed by atoms with E-state index in [9.17, 15) is 8.42 Å². The van der Waals surface area contributed by atoms with E-state index in [-0.39, 0.29) is 0 Å². The van der Waals surface area contributed by atoms with Gasteiger partial charge in [-0.1, -0.05) is 27.2 Å². The van der Waals surface area contributed by atoms with Gasteiger partial charge in [-0.15, -0.1) is 0 Å². The minimum Gasteiger partial charge on any atom is -0.314 e. The highest BCUT2D eigenvalue weighted by Crippen LogP contribution is 2.34. The Bertz CT molecular complexity index is 366. The van der Waals surface area contributed by atoms with E-state index in [1.54, 1.807) is 4.31 Å². The molecule has 1 unspecified atom stereocenters. The van der Waals surface area contributed by atoms with Crippen LogP contribution in [0.15, 0.2) is 0 Å². The maximum Gasteiger partial charge on any atom is 0.211 e.